The average molecular weight is 403 g/mol. The summed E-state index contributed by atoms with van der Waals surface area (Å²) >= 11 is 6.01. The lowest BCUT2D eigenvalue weighted by Crippen LogP contribution is -2.44. The molecule has 7 nitrogen and oxygen atoms in total. The summed E-state index contributed by atoms with van der Waals surface area (Å²) in [5.41, 5.74) is 0.586. The maximum atomic E-state index is 12.5. The molecule has 1 aliphatic rings. The highest BCUT2D eigenvalue weighted by molar-refractivity contribution is 7.89. The summed E-state index contributed by atoms with van der Waals surface area (Å²) in [5, 5.41) is 2.97. The van der Waals surface area contributed by atoms with E-state index in [0.29, 0.717) is 25.1 Å². The molecule has 1 unspecified atom stereocenters. The van der Waals surface area contributed by atoms with E-state index in [2.05, 4.69) is 5.32 Å². The van der Waals surface area contributed by atoms with Crippen LogP contribution in [0.2, 0.25) is 5.02 Å². The molecule has 0 spiro atoms. The van der Waals surface area contributed by atoms with Gasteiger partial charge < -0.3 is 10.1 Å². The van der Waals surface area contributed by atoms with E-state index >= 15 is 0 Å². The lowest BCUT2D eigenvalue weighted by atomic mass is 9.98. The summed E-state index contributed by atoms with van der Waals surface area (Å²) in [5.74, 6) is -1.27. The van der Waals surface area contributed by atoms with Crippen molar-refractivity contribution in [2.24, 2.45) is 5.92 Å². The third-order valence-corrected chi connectivity index (χ3v) is 6.42. The van der Waals surface area contributed by atoms with Crippen molar-refractivity contribution in [2.75, 3.05) is 30.8 Å². The number of carbonyl (C=O) groups excluding carboxylic acids is 2. The molecule has 0 radical (unpaired) electrons. The largest absolute Gasteiger partial charge is 0.462 e. The van der Waals surface area contributed by atoms with Crippen LogP contribution >= 0.6 is 11.6 Å². The normalized spacial score (nSPS) is 18.3. The number of hydrogen-bond donors (Lipinski definition) is 1. The van der Waals surface area contributed by atoms with Gasteiger partial charge in [-0.15, -0.1) is 0 Å². The zero-order valence-electron chi connectivity index (χ0n) is 14.8. The fraction of sp³-hybridized carbons (Fsp3) is 0.529. The molecule has 1 N–H and O–H groups in total. The number of rotatable bonds is 6. The number of sulfonamides is 1. The molecule has 1 fully saturated rings. The Morgan fingerprint density at radius 3 is 2.73 bits per heavy atom. The number of esters is 1. The molecule has 1 amide bonds. The number of ether oxygens (including phenoxy) is 1. The summed E-state index contributed by atoms with van der Waals surface area (Å²) < 4.78 is 30.4. The molecule has 0 saturated carbocycles. The lowest BCUT2D eigenvalue weighted by Gasteiger charge is -2.30. The SMILES string of the molecule is CCOC(=O)c1cc(NC(=O)C2CCCN(S(=O)(=O)CC)C2)ccc1Cl. The highest BCUT2D eigenvalue weighted by Gasteiger charge is 2.31. The first-order valence-electron chi connectivity index (χ1n) is 8.53. The van der Waals surface area contributed by atoms with Crippen molar-refractivity contribution in [3.8, 4) is 0 Å². The average Bonchev–Trinajstić information content (AvgIpc) is 2.63. The summed E-state index contributed by atoms with van der Waals surface area (Å²) in [4.78, 5) is 24.4. The molecule has 1 saturated heterocycles. The molecule has 1 heterocycles. The van der Waals surface area contributed by atoms with E-state index in [4.69, 9.17) is 16.3 Å². The van der Waals surface area contributed by atoms with Crippen molar-refractivity contribution in [1.29, 1.82) is 0 Å². The molecule has 1 atom stereocenters. The molecular formula is C17H23ClN2O5S. The first-order chi connectivity index (χ1) is 12.3. The van der Waals surface area contributed by atoms with Crippen LogP contribution in [0.5, 0.6) is 0 Å². The maximum Gasteiger partial charge on any atom is 0.339 e. The number of carbonyl (C=O) groups is 2. The van der Waals surface area contributed by atoms with Crippen molar-refractivity contribution in [3.05, 3.63) is 28.8 Å². The van der Waals surface area contributed by atoms with Gasteiger partial charge in [-0.3, -0.25) is 4.79 Å². The van der Waals surface area contributed by atoms with Crippen LogP contribution in [-0.2, 0) is 19.6 Å². The molecule has 9 heteroatoms. The van der Waals surface area contributed by atoms with Crippen molar-refractivity contribution < 1.29 is 22.7 Å². The van der Waals surface area contributed by atoms with Gasteiger partial charge in [0.25, 0.3) is 0 Å². The summed E-state index contributed by atoms with van der Waals surface area (Å²) in [6, 6.07) is 4.56. The highest BCUT2D eigenvalue weighted by atomic mass is 35.5. The number of nitrogens with one attached hydrogen (secondary N) is 1. The minimum absolute atomic E-state index is 0.0153. The zero-order valence-corrected chi connectivity index (χ0v) is 16.4. The molecule has 2 rings (SSSR count). The zero-order chi connectivity index (χ0) is 19.3. The Balaban J connectivity index is 2.10. The van der Waals surface area contributed by atoms with Crippen LogP contribution in [0.4, 0.5) is 5.69 Å². The number of halogens is 1. The molecule has 1 aromatic rings. The second-order valence-electron chi connectivity index (χ2n) is 6.00. The lowest BCUT2D eigenvalue weighted by molar-refractivity contribution is -0.120. The number of anilines is 1. The van der Waals surface area contributed by atoms with Gasteiger partial charge in [0.1, 0.15) is 0 Å². The van der Waals surface area contributed by atoms with Gasteiger partial charge in [-0.1, -0.05) is 11.6 Å². The van der Waals surface area contributed by atoms with E-state index in [9.17, 15) is 18.0 Å². The van der Waals surface area contributed by atoms with E-state index in [0.717, 1.165) is 0 Å². The summed E-state index contributed by atoms with van der Waals surface area (Å²) in [7, 11) is -3.32. The number of nitrogens with zero attached hydrogens (tertiary/aromatic N) is 1. The number of hydrogen-bond acceptors (Lipinski definition) is 5. The second-order valence-corrected chi connectivity index (χ2v) is 8.67. The number of piperidine rings is 1. The molecule has 1 aliphatic heterocycles. The van der Waals surface area contributed by atoms with Gasteiger partial charge in [0.15, 0.2) is 0 Å². The van der Waals surface area contributed by atoms with Crippen LogP contribution < -0.4 is 5.32 Å². The Hall–Kier alpha value is -1.64. The highest BCUT2D eigenvalue weighted by Crippen LogP contribution is 2.24. The van der Waals surface area contributed by atoms with Crippen LogP contribution in [0, 0.1) is 5.92 Å². The minimum atomic E-state index is -3.32. The molecule has 144 valence electrons. The van der Waals surface area contributed by atoms with Crippen molar-refractivity contribution >= 4 is 39.2 Å². The van der Waals surface area contributed by atoms with Crippen LogP contribution in [0.1, 0.15) is 37.0 Å². The maximum absolute atomic E-state index is 12.5. The summed E-state index contributed by atoms with van der Waals surface area (Å²) in [6.07, 6.45) is 1.24. The first kappa shape index (κ1) is 20.7. The van der Waals surface area contributed by atoms with E-state index in [1.807, 2.05) is 0 Å². The van der Waals surface area contributed by atoms with Gasteiger partial charge in [0.05, 0.1) is 28.9 Å². The van der Waals surface area contributed by atoms with Gasteiger partial charge in [-0.05, 0) is 44.9 Å². The van der Waals surface area contributed by atoms with Crippen molar-refractivity contribution in [1.82, 2.24) is 4.31 Å². The molecular weight excluding hydrogens is 380 g/mol. The third-order valence-electron chi connectivity index (χ3n) is 4.24. The Morgan fingerprint density at radius 1 is 1.35 bits per heavy atom. The van der Waals surface area contributed by atoms with Crippen LogP contribution in [0.25, 0.3) is 0 Å². The van der Waals surface area contributed by atoms with Crippen molar-refractivity contribution in [2.45, 2.75) is 26.7 Å². The van der Waals surface area contributed by atoms with E-state index in [-0.39, 0.29) is 35.4 Å². The van der Waals surface area contributed by atoms with Gasteiger partial charge in [-0.2, -0.15) is 0 Å². The molecule has 0 aliphatic carbocycles. The molecule has 26 heavy (non-hydrogen) atoms. The molecule has 0 bridgehead atoms. The monoisotopic (exact) mass is 402 g/mol. The van der Waals surface area contributed by atoms with Crippen LogP contribution in [0.15, 0.2) is 18.2 Å². The standard InChI is InChI=1S/C17H23ClN2O5S/c1-3-25-17(22)14-10-13(7-8-15(14)18)19-16(21)12-6-5-9-20(11-12)26(23,24)4-2/h7-8,10,12H,3-6,9,11H2,1-2H3,(H,19,21). The van der Waals surface area contributed by atoms with E-state index < -0.39 is 21.9 Å². The predicted molar refractivity (Wildman–Crippen MR) is 99.8 cm³/mol. The van der Waals surface area contributed by atoms with Crippen LogP contribution in [-0.4, -0.2) is 50.0 Å². The topological polar surface area (TPSA) is 92.8 Å². The second kappa shape index (κ2) is 8.83. The fourth-order valence-corrected chi connectivity index (χ4v) is 4.18. The van der Waals surface area contributed by atoms with Crippen molar-refractivity contribution in [3.63, 3.8) is 0 Å². The Morgan fingerprint density at radius 2 is 2.08 bits per heavy atom. The Bertz CT molecular complexity index is 781. The van der Waals surface area contributed by atoms with Crippen LogP contribution in [0.3, 0.4) is 0 Å². The smallest absolute Gasteiger partial charge is 0.339 e. The Kier molecular flexibility index (Phi) is 7.02. The predicted octanol–water partition coefficient (Wildman–Crippen LogP) is 2.52. The third kappa shape index (κ3) is 4.96. The quantitative estimate of drug-likeness (QED) is 0.738. The summed E-state index contributed by atoms with van der Waals surface area (Å²) in [6.45, 7) is 4.10. The van der Waals surface area contributed by atoms with Gasteiger partial charge in [0, 0.05) is 18.8 Å². The van der Waals surface area contributed by atoms with Gasteiger partial charge >= 0.3 is 5.97 Å². The first-order valence-corrected chi connectivity index (χ1v) is 10.5. The molecule has 1 aromatic carbocycles. The van der Waals surface area contributed by atoms with Gasteiger partial charge in [0.2, 0.25) is 15.9 Å². The molecule has 0 aromatic heterocycles. The van der Waals surface area contributed by atoms with E-state index in [1.165, 1.54) is 16.4 Å². The number of benzene rings is 1. The Labute approximate surface area is 158 Å². The fourth-order valence-electron chi connectivity index (χ4n) is 2.80. The van der Waals surface area contributed by atoms with Gasteiger partial charge in [-0.25, -0.2) is 17.5 Å². The van der Waals surface area contributed by atoms with E-state index in [1.54, 1.807) is 19.9 Å². The minimum Gasteiger partial charge on any atom is -0.462 e. The number of amides is 1.